The number of sulfonamides is 1. The molecule has 7 nitrogen and oxygen atoms in total. The Labute approximate surface area is 172 Å². The van der Waals surface area contributed by atoms with Crippen molar-refractivity contribution >= 4 is 27.8 Å². The van der Waals surface area contributed by atoms with Gasteiger partial charge in [0.15, 0.2) is 0 Å². The van der Waals surface area contributed by atoms with E-state index in [0.717, 1.165) is 27.3 Å². The van der Waals surface area contributed by atoms with Gasteiger partial charge in [-0.25, -0.2) is 13.8 Å². The summed E-state index contributed by atoms with van der Waals surface area (Å²) < 4.78 is 31.1. The molecule has 8 heteroatoms. The maximum Gasteiger partial charge on any atom is 0.260 e. The molecule has 0 atom stereocenters. The highest BCUT2D eigenvalue weighted by Crippen LogP contribution is 2.29. The van der Waals surface area contributed by atoms with Gasteiger partial charge in [-0.1, -0.05) is 24.3 Å². The molecule has 0 saturated carbocycles. The number of carbonyl (C=O) groups is 1. The van der Waals surface area contributed by atoms with Crippen LogP contribution in [0.3, 0.4) is 0 Å². The highest BCUT2D eigenvalue weighted by molar-refractivity contribution is 7.92. The molecule has 0 aliphatic carbocycles. The minimum Gasteiger partial charge on any atom is -0.492 e. The van der Waals surface area contributed by atoms with E-state index >= 15 is 0 Å². The van der Waals surface area contributed by atoms with Gasteiger partial charge in [-0.15, -0.1) is 0 Å². The number of hydrogen-bond acceptors (Lipinski definition) is 5. The van der Waals surface area contributed by atoms with Gasteiger partial charge in [0.25, 0.3) is 5.91 Å². The Balaban J connectivity index is 2.17. The second-order valence-corrected chi connectivity index (χ2v) is 8.59. The average Bonchev–Trinajstić information content (AvgIpc) is 2.66. The molecular weight excluding hydrogens is 390 g/mol. The summed E-state index contributed by atoms with van der Waals surface area (Å²) in [6, 6.07) is 10.6. The zero-order chi connectivity index (χ0) is 21.6. The summed E-state index contributed by atoms with van der Waals surface area (Å²) in [5.74, 6) is -0.165. The van der Waals surface area contributed by atoms with E-state index in [9.17, 15) is 13.2 Å². The fraction of sp³-hybridized carbons (Fsp3) is 0.333. The minimum atomic E-state index is -3.71. The van der Waals surface area contributed by atoms with Crippen molar-refractivity contribution in [2.45, 2.75) is 27.7 Å². The van der Waals surface area contributed by atoms with Crippen molar-refractivity contribution < 1.29 is 17.9 Å². The Morgan fingerprint density at radius 1 is 1.14 bits per heavy atom. The van der Waals surface area contributed by atoms with E-state index in [4.69, 9.17) is 4.74 Å². The Bertz CT molecular complexity index is 1020. The molecule has 2 aromatic carbocycles. The number of hydrogen-bond donors (Lipinski definition) is 1. The predicted molar refractivity (Wildman–Crippen MR) is 116 cm³/mol. The van der Waals surface area contributed by atoms with Crippen molar-refractivity contribution in [2.24, 2.45) is 5.10 Å². The first-order chi connectivity index (χ1) is 13.6. The maximum atomic E-state index is 12.4. The van der Waals surface area contributed by atoms with E-state index in [-0.39, 0.29) is 0 Å². The summed E-state index contributed by atoms with van der Waals surface area (Å²) in [4.78, 5) is 12.4. The number of hydrazone groups is 1. The summed E-state index contributed by atoms with van der Waals surface area (Å²) >= 11 is 0. The summed E-state index contributed by atoms with van der Waals surface area (Å²) in [6.45, 7) is 7.82. The van der Waals surface area contributed by atoms with E-state index in [0.29, 0.717) is 18.0 Å². The molecule has 1 N–H and O–H groups in total. The number of ether oxygens (including phenoxy) is 1. The first kappa shape index (κ1) is 22.4. The number of nitrogens with zero attached hydrogens (tertiary/aromatic N) is 2. The standard InChI is InChI=1S/C21H27N3O4S/c1-6-28-20-10-8-7-9-19(20)24(29(5,26)27)14-21(25)23-22-13-18-12-11-15(2)16(3)17(18)4/h7-13H,6,14H2,1-5H3,(H,23,25)/b22-13-. The van der Waals surface area contributed by atoms with Crippen LogP contribution in [0.4, 0.5) is 5.69 Å². The number of anilines is 1. The van der Waals surface area contributed by atoms with Crippen LogP contribution in [0.1, 0.15) is 29.2 Å². The molecule has 29 heavy (non-hydrogen) atoms. The van der Waals surface area contributed by atoms with Crippen LogP contribution < -0.4 is 14.5 Å². The lowest BCUT2D eigenvalue weighted by molar-refractivity contribution is -0.119. The van der Waals surface area contributed by atoms with E-state index in [1.807, 2.05) is 32.9 Å². The summed E-state index contributed by atoms with van der Waals surface area (Å²) in [5.41, 5.74) is 7.01. The van der Waals surface area contributed by atoms with Gasteiger partial charge in [-0.05, 0) is 62.1 Å². The molecule has 0 heterocycles. The molecule has 0 fully saturated rings. The average molecular weight is 418 g/mol. The minimum absolute atomic E-state index is 0.306. The fourth-order valence-electron chi connectivity index (χ4n) is 2.78. The van der Waals surface area contributed by atoms with Gasteiger partial charge in [-0.3, -0.25) is 9.10 Å². The van der Waals surface area contributed by atoms with Crippen LogP contribution in [0.25, 0.3) is 0 Å². The van der Waals surface area contributed by atoms with Gasteiger partial charge in [-0.2, -0.15) is 5.10 Å². The van der Waals surface area contributed by atoms with Crippen LogP contribution in [0.5, 0.6) is 5.75 Å². The third-order valence-electron chi connectivity index (χ3n) is 4.61. The van der Waals surface area contributed by atoms with Gasteiger partial charge in [0.1, 0.15) is 12.3 Å². The third kappa shape index (κ3) is 5.80. The largest absolute Gasteiger partial charge is 0.492 e. The summed E-state index contributed by atoms with van der Waals surface area (Å²) in [7, 11) is -3.71. The number of nitrogens with one attached hydrogen (secondary N) is 1. The van der Waals surface area contributed by atoms with E-state index in [2.05, 4.69) is 10.5 Å². The number of aryl methyl sites for hydroxylation is 1. The fourth-order valence-corrected chi connectivity index (χ4v) is 3.64. The molecule has 0 bridgehead atoms. The van der Waals surface area contributed by atoms with Gasteiger partial charge >= 0.3 is 0 Å². The first-order valence-electron chi connectivity index (χ1n) is 9.23. The second-order valence-electron chi connectivity index (χ2n) is 6.69. The molecule has 2 rings (SSSR count). The monoisotopic (exact) mass is 417 g/mol. The van der Waals surface area contributed by atoms with Crippen LogP contribution in [-0.2, 0) is 14.8 Å². The van der Waals surface area contributed by atoms with Crippen molar-refractivity contribution in [1.82, 2.24) is 5.43 Å². The maximum absolute atomic E-state index is 12.4. The van der Waals surface area contributed by atoms with Gasteiger partial charge in [0, 0.05) is 0 Å². The quantitative estimate of drug-likeness (QED) is 0.528. The lowest BCUT2D eigenvalue weighted by Crippen LogP contribution is -2.39. The topological polar surface area (TPSA) is 88.1 Å². The number of benzene rings is 2. The Morgan fingerprint density at radius 3 is 2.48 bits per heavy atom. The van der Waals surface area contributed by atoms with Gasteiger partial charge < -0.3 is 4.74 Å². The van der Waals surface area contributed by atoms with Gasteiger partial charge in [0.2, 0.25) is 10.0 Å². The molecule has 0 unspecified atom stereocenters. The number of para-hydroxylation sites is 2. The SMILES string of the molecule is CCOc1ccccc1N(CC(=O)N/N=C\c1ccc(C)c(C)c1C)S(C)(=O)=O. The summed E-state index contributed by atoms with van der Waals surface area (Å²) in [5, 5.41) is 3.98. The van der Waals surface area contributed by atoms with Crippen molar-refractivity contribution in [3.05, 3.63) is 58.7 Å². The van der Waals surface area contributed by atoms with E-state index < -0.39 is 22.5 Å². The van der Waals surface area contributed by atoms with Crippen molar-refractivity contribution in [1.29, 1.82) is 0 Å². The molecule has 0 aromatic heterocycles. The highest BCUT2D eigenvalue weighted by Gasteiger charge is 2.23. The Kier molecular flexibility index (Phi) is 7.39. The normalized spacial score (nSPS) is 11.5. The van der Waals surface area contributed by atoms with E-state index in [1.165, 1.54) is 5.56 Å². The van der Waals surface area contributed by atoms with Crippen molar-refractivity contribution in [3.8, 4) is 5.75 Å². The second kappa shape index (κ2) is 9.56. The molecule has 156 valence electrons. The van der Waals surface area contributed by atoms with Crippen molar-refractivity contribution in [3.63, 3.8) is 0 Å². The molecule has 0 radical (unpaired) electrons. The molecule has 0 aliphatic rings. The molecule has 1 amide bonds. The van der Waals surface area contributed by atoms with Crippen LogP contribution >= 0.6 is 0 Å². The smallest absolute Gasteiger partial charge is 0.260 e. The molecule has 0 aliphatic heterocycles. The Morgan fingerprint density at radius 2 is 1.83 bits per heavy atom. The van der Waals surface area contributed by atoms with Crippen LogP contribution in [0.2, 0.25) is 0 Å². The molecule has 0 saturated heterocycles. The van der Waals surface area contributed by atoms with Gasteiger partial charge in [0.05, 0.1) is 24.8 Å². The third-order valence-corrected chi connectivity index (χ3v) is 5.74. The lowest BCUT2D eigenvalue weighted by atomic mass is 10.00. The number of carbonyl (C=O) groups excluding carboxylic acids is 1. The zero-order valence-corrected chi connectivity index (χ0v) is 18.2. The highest BCUT2D eigenvalue weighted by atomic mass is 32.2. The molecule has 0 spiro atoms. The number of amides is 1. The van der Waals surface area contributed by atoms with Crippen molar-refractivity contribution in [2.75, 3.05) is 23.7 Å². The molecule has 2 aromatic rings. The van der Waals surface area contributed by atoms with E-state index in [1.54, 1.807) is 37.4 Å². The molecular formula is C21H27N3O4S. The van der Waals surface area contributed by atoms with Crippen LogP contribution in [-0.4, -0.2) is 39.9 Å². The predicted octanol–water partition coefficient (Wildman–Crippen LogP) is 2.93. The summed E-state index contributed by atoms with van der Waals surface area (Å²) in [6.07, 6.45) is 2.60. The number of rotatable bonds is 8. The van der Waals surface area contributed by atoms with Crippen LogP contribution in [0.15, 0.2) is 41.5 Å². The lowest BCUT2D eigenvalue weighted by Gasteiger charge is -2.23. The first-order valence-corrected chi connectivity index (χ1v) is 11.1. The Hall–Kier alpha value is -2.87. The van der Waals surface area contributed by atoms with Crippen LogP contribution in [0, 0.1) is 20.8 Å². The zero-order valence-electron chi connectivity index (χ0n) is 17.4.